The molecule has 0 saturated carbocycles. The van der Waals surface area contributed by atoms with Crippen LogP contribution in [0.5, 0.6) is 5.75 Å². The Labute approximate surface area is 176 Å². The van der Waals surface area contributed by atoms with E-state index < -0.39 is 5.54 Å². The number of guanidine groups is 1. The first-order chi connectivity index (χ1) is 14.6. The lowest BCUT2D eigenvalue weighted by Crippen LogP contribution is -2.45. The number of nitrogens with zero attached hydrogens (tertiary/aromatic N) is 3. The highest BCUT2D eigenvalue weighted by Crippen LogP contribution is 2.52. The molecular formula is C25H24N4O. The summed E-state index contributed by atoms with van der Waals surface area (Å²) in [5.41, 5.74) is 11.2. The number of hydrogen-bond acceptors (Lipinski definition) is 5. The van der Waals surface area contributed by atoms with E-state index in [-0.39, 0.29) is 6.10 Å². The van der Waals surface area contributed by atoms with Crippen LogP contribution >= 0.6 is 0 Å². The van der Waals surface area contributed by atoms with Crippen molar-refractivity contribution in [3.8, 4) is 16.9 Å². The maximum Gasteiger partial charge on any atom is 0.196 e. The lowest BCUT2D eigenvalue weighted by Gasteiger charge is -2.44. The molecule has 0 saturated heterocycles. The zero-order chi connectivity index (χ0) is 20.7. The predicted octanol–water partition coefficient (Wildman–Crippen LogP) is 4.63. The van der Waals surface area contributed by atoms with Crippen LogP contribution in [0.4, 0.5) is 0 Å². The number of aliphatic imine (C=N–C) groups is 1. The maximum atomic E-state index is 6.47. The van der Waals surface area contributed by atoms with Crippen molar-refractivity contribution < 1.29 is 4.74 Å². The van der Waals surface area contributed by atoms with Crippen LogP contribution in [0.3, 0.4) is 0 Å². The molecule has 2 unspecified atom stereocenters. The minimum atomic E-state index is -0.509. The second-order valence-electron chi connectivity index (χ2n) is 7.97. The topological polar surface area (TPSA) is 63.7 Å². The Hall–Kier alpha value is -3.60. The highest BCUT2D eigenvalue weighted by atomic mass is 16.5. The minimum absolute atomic E-state index is 0.0989. The third-order valence-corrected chi connectivity index (χ3v) is 6.10. The third kappa shape index (κ3) is 3.03. The van der Waals surface area contributed by atoms with E-state index in [9.17, 15) is 0 Å². The summed E-state index contributed by atoms with van der Waals surface area (Å²) in [4.78, 5) is 11.0. The molecule has 3 heterocycles. The number of rotatable bonds is 2. The molecule has 2 aliphatic heterocycles. The summed E-state index contributed by atoms with van der Waals surface area (Å²) < 4.78 is 6.47. The first-order valence-corrected chi connectivity index (χ1v) is 10.1. The highest BCUT2D eigenvalue weighted by molar-refractivity contribution is 5.81. The fourth-order valence-corrected chi connectivity index (χ4v) is 4.41. The van der Waals surface area contributed by atoms with Crippen LogP contribution in [0.1, 0.15) is 30.1 Å². The first-order valence-electron chi connectivity index (χ1n) is 10.1. The first kappa shape index (κ1) is 18.4. The van der Waals surface area contributed by atoms with Crippen LogP contribution in [-0.2, 0) is 5.54 Å². The molecule has 2 aromatic carbocycles. The van der Waals surface area contributed by atoms with Crippen LogP contribution in [0.2, 0.25) is 0 Å². The zero-order valence-electron chi connectivity index (χ0n) is 17.0. The Morgan fingerprint density at radius 3 is 2.57 bits per heavy atom. The minimum Gasteiger partial charge on any atom is -0.485 e. The molecule has 0 bridgehead atoms. The van der Waals surface area contributed by atoms with Crippen LogP contribution in [0.15, 0.2) is 90.3 Å². The third-order valence-electron chi connectivity index (χ3n) is 6.10. The average Bonchev–Trinajstić information content (AvgIpc) is 2.78. The number of benzene rings is 2. The number of fused-ring (bicyclic) bond motifs is 2. The van der Waals surface area contributed by atoms with E-state index in [1.165, 1.54) is 0 Å². The Kier molecular flexibility index (Phi) is 4.31. The summed E-state index contributed by atoms with van der Waals surface area (Å²) >= 11 is 0. The van der Waals surface area contributed by atoms with Gasteiger partial charge in [0.25, 0.3) is 0 Å². The van der Waals surface area contributed by atoms with Gasteiger partial charge in [-0.05, 0) is 41.0 Å². The molecule has 5 heteroatoms. The summed E-state index contributed by atoms with van der Waals surface area (Å²) in [7, 11) is 1.91. The van der Waals surface area contributed by atoms with Gasteiger partial charge in [0.1, 0.15) is 17.4 Å². The lowest BCUT2D eigenvalue weighted by atomic mass is 9.76. The van der Waals surface area contributed by atoms with Crippen LogP contribution in [-0.4, -0.2) is 22.9 Å². The molecule has 30 heavy (non-hydrogen) atoms. The summed E-state index contributed by atoms with van der Waals surface area (Å²) in [6.07, 6.45) is 4.92. The summed E-state index contributed by atoms with van der Waals surface area (Å²) in [5.74, 6) is 1.34. The molecule has 150 valence electrons. The number of aromatic nitrogens is 1. The molecule has 3 aromatic rings. The molecule has 1 aromatic heterocycles. The number of ether oxygens (including phenoxy) is 1. The van der Waals surface area contributed by atoms with Gasteiger partial charge in [-0.3, -0.25) is 4.98 Å². The van der Waals surface area contributed by atoms with Crippen LogP contribution in [0, 0.1) is 0 Å². The molecule has 5 nitrogen and oxygen atoms in total. The van der Waals surface area contributed by atoms with Crippen LogP contribution in [0.25, 0.3) is 11.1 Å². The fraction of sp³-hybridized carbons (Fsp3) is 0.200. The Morgan fingerprint density at radius 2 is 1.83 bits per heavy atom. The summed E-state index contributed by atoms with van der Waals surface area (Å²) in [6, 6.07) is 20.6. The number of nitrogens with two attached hydrogens (primary N) is 1. The molecule has 2 aliphatic rings. The van der Waals surface area contributed by atoms with Gasteiger partial charge < -0.3 is 15.4 Å². The van der Waals surface area contributed by atoms with Crippen molar-refractivity contribution in [2.75, 3.05) is 7.05 Å². The SMILES string of the molecule is C=C1CC2(CC(c3ccccc3)Oc3ccc(-c4ccncc4)cc32)N=C(N)N1C. The monoisotopic (exact) mass is 396 g/mol. The largest absolute Gasteiger partial charge is 0.485 e. The van der Waals surface area contributed by atoms with Crippen molar-refractivity contribution in [2.45, 2.75) is 24.5 Å². The maximum absolute atomic E-state index is 6.47. The molecule has 2 atom stereocenters. The predicted molar refractivity (Wildman–Crippen MR) is 119 cm³/mol. The quantitative estimate of drug-likeness (QED) is 0.686. The van der Waals surface area contributed by atoms with Gasteiger partial charge in [0.2, 0.25) is 0 Å². The van der Waals surface area contributed by atoms with E-state index in [2.05, 4.69) is 41.9 Å². The van der Waals surface area contributed by atoms with Gasteiger partial charge in [-0.1, -0.05) is 43.0 Å². The van der Waals surface area contributed by atoms with Crippen molar-refractivity contribution >= 4 is 5.96 Å². The standard InChI is InChI=1S/C25H24N4O/c1-17-15-25(28-24(26)29(17)2)16-23(19-6-4-3-5-7-19)30-22-9-8-20(14-21(22)25)18-10-12-27-13-11-18/h3-14,23H,1,15-16H2,2H3,(H2,26,28). The van der Waals surface area contributed by atoms with Gasteiger partial charge in [-0.2, -0.15) is 0 Å². The normalized spacial score (nSPS) is 23.0. The Morgan fingerprint density at radius 1 is 1.07 bits per heavy atom. The molecular weight excluding hydrogens is 372 g/mol. The lowest BCUT2D eigenvalue weighted by molar-refractivity contribution is 0.119. The van der Waals surface area contributed by atoms with Gasteiger partial charge in [-0.15, -0.1) is 0 Å². The Balaban J connectivity index is 1.67. The van der Waals surface area contributed by atoms with Crippen molar-refractivity contribution in [1.29, 1.82) is 0 Å². The van der Waals surface area contributed by atoms with Gasteiger partial charge in [0, 0.05) is 43.5 Å². The highest BCUT2D eigenvalue weighted by Gasteiger charge is 2.45. The van der Waals surface area contributed by atoms with Crippen molar-refractivity contribution in [1.82, 2.24) is 9.88 Å². The van der Waals surface area contributed by atoms with Gasteiger partial charge in [0.05, 0.1) is 0 Å². The molecule has 0 radical (unpaired) electrons. The molecule has 1 spiro atoms. The van der Waals surface area contributed by atoms with Gasteiger partial charge >= 0.3 is 0 Å². The van der Waals surface area contributed by atoms with E-state index in [0.29, 0.717) is 18.8 Å². The van der Waals surface area contributed by atoms with Gasteiger partial charge in [0.15, 0.2) is 5.96 Å². The molecule has 2 N–H and O–H groups in total. The molecule has 0 amide bonds. The zero-order valence-corrected chi connectivity index (χ0v) is 17.0. The van der Waals surface area contributed by atoms with E-state index >= 15 is 0 Å². The summed E-state index contributed by atoms with van der Waals surface area (Å²) in [5, 5.41) is 0. The summed E-state index contributed by atoms with van der Waals surface area (Å²) in [6.45, 7) is 4.26. The Bertz CT molecular complexity index is 1130. The van der Waals surface area contributed by atoms with E-state index in [0.717, 1.165) is 33.7 Å². The van der Waals surface area contributed by atoms with E-state index in [1.54, 1.807) is 12.4 Å². The smallest absolute Gasteiger partial charge is 0.196 e. The van der Waals surface area contributed by atoms with Crippen molar-refractivity contribution in [3.63, 3.8) is 0 Å². The van der Waals surface area contributed by atoms with Gasteiger partial charge in [-0.25, -0.2) is 4.99 Å². The molecule has 0 aliphatic carbocycles. The average molecular weight is 396 g/mol. The number of pyridine rings is 1. The number of hydrogen-bond donors (Lipinski definition) is 1. The second kappa shape index (κ2) is 7.02. The van der Waals surface area contributed by atoms with E-state index in [1.807, 2.05) is 42.3 Å². The molecule has 0 fully saturated rings. The van der Waals surface area contributed by atoms with Crippen molar-refractivity contribution in [3.05, 3.63) is 96.5 Å². The second-order valence-corrected chi connectivity index (χ2v) is 7.97. The van der Waals surface area contributed by atoms with Crippen molar-refractivity contribution in [2.24, 2.45) is 10.7 Å². The van der Waals surface area contributed by atoms with E-state index in [4.69, 9.17) is 15.5 Å². The molecule has 5 rings (SSSR count). The van der Waals surface area contributed by atoms with Crippen LogP contribution < -0.4 is 10.5 Å². The fourth-order valence-electron chi connectivity index (χ4n) is 4.41.